The molecule has 0 bridgehead atoms. The monoisotopic (exact) mass is 274 g/mol. The Morgan fingerprint density at radius 1 is 1.25 bits per heavy atom. The molecule has 0 radical (unpaired) electrons. The first-order valence-electron chi connectivity index (χ1n) is 6.92. The minimum absolute atomic E-state index is 0.446. The van der Waals surface area contributed by atoms with Crippen LogP contribution < -0.4 is 10.1 Å². The molecule has 0 unspecified atom stereocenters. The van der Waals surface area contributed by atoms with Gasteiger partial charge in [-0.3, -0.25) is 0 Å². The van der Waals surface area contributed by atoms with Crippen LogP contribution in [0.3, 0.4) is 0 Å². The molecule has 0 aliphatic heterocycles. The van der Waals surface area contributed by atoms with Crippen LogP contribution in [0.15, 0.2) is 30.6 Å². The summed E-state index contributed by atoms with van der Waals surface area (Å²) in [6.45, 7) is 5.83. The van der Waals surface area contributed by atoms with E-state index in [1.54, 1.807) is 13.4 Å². The molecule has 0 amide bonds. The number of aromatic nitrogens is 3. The number of nitrogens with zero attached hydrogens (tertiary/aromatic N) is 3. The van der Waals surface area contributed by atoms with E-state index in [1.165, 1.54) is 5.56 Å². The fourth-order valence-electron chi connectivity index (χ4n) is 1.93. The zero-order valence-electron chi connectivity index (χ0n) is 12.3. The molecule has 5 nitrogen and oxygen atoms in total. The van der Waals surface area contributed by atoms with Crippen LogP contribution in [-0.2, 0) is 19.5 Å². The summed E-state index contributed by atoms with van der Waals surface area (Å²) in [5.74, 6) is 1.86. The Hall–Kier alpha value is -1.88. The summed E-state index contributed by atoms with van der Waals surface area (Å²) in [6, 6.07) is 8.58. The van der Waals surface area contributed by atoms with Gasteiger partial charge in [0.05, 0.1) is 13.7 Å². The lowest BCUT2D eigenvalue weighted by atomic mass is 10.1. The highest BCUT2D eigenvalue weighted by atomic mass is 16.5. The highest BCUT2D eigenvalue weighted by Gasteiger charge is 2.05. The highest BCUT2D eigenvalue weighted by Crippen LogP contribution is 2.12. The van der Waals surface area contributed by atoms with Crippen LogP contribution in [0, 0.1) is 0 Å². The summed E-state index contributed by atoms with van der Waals surface area (Å²) in [5, 5.41) is 7.65. The average molecular weight is 274 g/mol. The zero-order chi connectivity index (χ0) is 14.4. The molecule has 0 saturated carbocycles. The Kier molecular flexibility index (Phi) is 5.12. The van der Waals surface area contributed by atoms with Gasteiger partial charge in [-0.25, -0.2) is 9.67 Å². The molecule has 2 rings (SSSR count). The quantitative estimate of drug-likeness (QED) is 0.839. The van der Waals surface area contributed by atoms with Crippen molar-refractivity contribution >= 4 is 0 Å². The molecule has 0 atom stereocenters. The number of benzene rings is 1. The van der Waals surface area contributed by atoms with E-state index >= 15 is 0 Å². The maximum absolute atomic E-state index is 5.16. The molecule has 1 aromatic carbocycles. The fourth-order valence-corrected chi connectivity index (χ4v) is 1.93. The van der Waals surface area contributed by atoms with E-state index in [1.807, 2.05) is 16.8 Å². The van der Waals surface area contributed by atoms with Crippen molar-refractivity contribution in [3.8, 4) is 5.75 Å². The van der Waals surface area contributed by atoms with Crippen molar-refractivity contribution in [3.05, 3.63) is 42.0 Å². The molecular formula is C15H22N4O. The van der Waals surface area contributed by atoms with Crippen molar-refractivity contribution < 1.29 is 4.74 Å². The van der Waals surface area contributed by atoms with Crippen molar-refractivity contribution in [2.75, 3.05) is 7.11 Å². The molecule has 0 aliphatic carbocycles. The van der Waals surface area contributed by atoms with Gasteiger partial charge in [0.15, 0.2) is 0 Å². The smallest absolute Gasteiger partial charge is 0.140 e. The Bertz CT molecular complexity index is 519. The molecule has 0 fully saturated rings. The molecular weight excluding hydrogens is 252 g/mol. The number of hydrogen-bond donors (Lipinski definition) is 1. The van der Waals surface area contributed by atoms with Crippen molar-refractivity contribution in [2.45, 2.75) is 39.4 Å². The van der Waals surface area contributed by atoms with Gasteiger partial charge >= 0.3 is 0 Å². The van der Waals surface area contributed by atoms with Gasteiger partial charge in [0.2, 0.25) is 0 Å². The number of methoxy groups -OCH3 is 1. The van der Waals surface area contributed by atoms with Crippen molar-refractivity contribution in [1.29, 1.82) is 0 Å². The maximum atomic E-state index is 5.16. The molecule has 0 aliphatic rings. The van der Waals surface area contributed by atoms with Gasteiger partial charge in [-0.2, -0.15) is 5.10 Å². The predicted molar refractivity (Wildman–Crippen MR) is 78.7 cm³/mol. The first-order chi connectivity index (χ1) is 9.69. The van der Waals surface area contributed by atoms with Gasteiger partial charge in [-0.05, 0) is 24.1 Å². The van der Waals surface area contributed by atoms with Crippen molar-refractivity contribution in [2.24, 2.45) is 0 Å². The normalized spacial score (nSPS) is 11.0. The minimum Gasteiger partial charge on any atom is -0.497 e. The van der Waals surface area contributed by atoms with Gasteiger partial charge < -0.3 is 10.1 Å². The lowest BCUT2D eigenvalue weighted by Crippen LogP contribution is -2.24. The fraction of sp³-hybridized carbons (Fsp3) is 0.467. The van der Waals surface area contributed by atoms with Gasteiger partial charge in [0, 0.05) is 12.6 Å². The molecule has 5 heteroatoms. The number of nitrogens with one attached hydrogen (secondary N) is 1. The first kappa shape index (κ1) is 14.5. The Morgan fingerprint density at radius 2 is 2.00 bits per heavy atom. The molecule has 108 valence electrons. The van der Waals surface area contributed by atoms with E-state index in [4.69, 9.17) is 4.74 Å². The van der Waals surface area contributed by atoms with Gasteiger partial charge in [0.1, 0.15) is 17.9 Å². The summed E-state index contributed by atoms with van der Waals surface area (Å²) in [7, 11) is 1.68. The Morgan fingerprint density at radius 3 is 2.65 bits per heavy atom. The second-order valence-corrected chi connectivity index (χ2v) is 5.03. The van der Waals surface area contributed by atoms with Crippen molar-refractivity contribution in [1.82, 2.24) is 20.1 Å². The van der Waals surface area contributed by atoms with Gasteiger partial charge in [-0.15, -0.1) is 0 Å². The van der Waals surface area contributed by atoms with Crippen LogP contribution in [0.1, 0.15) is 25.2 Å². The molecule has 0 saturated heterocycles. The highest BCUT2D eigenvalue weighted by molar-refractivity contribution is 5.27. The third kappa shape index (κ3) is 4.06. The Balaban J connectivity index is 1.91. The third-order valence-electron chi connectivity index (χ3n) is 3.14. The van der Waals surface area contributed by atoms with Crippen molar-refractivity contribution in [3.63, 3.8) is 0 Å². The second kappa shape index (κ2) is 7.05. The van der Waals surface area contributed by atoms with E-state index in [0.29, 0.717) is 6.04 Å². The van der Waals surface area contributed by atoms with Crippen LogP contribution in [0.4, 0.5) is 0 Å². The summed E-state index contributed by atoms with van der Waals surface area (Å²) >= 11 is 0. The molecule has 1 aromatic heterocycles. The number of ether oxygens (including phenoxy) is 1. The maximum Gasteiger partial charge on any atom is 0.140 e. The van der Waals surface area contributed by atoms with E-state index in [2.05, 4.69) is 41.4 Å². The topological polar surface area (TPSA) is 52.0 Å². The van der Waals surface area contributed by atoms with E-state index in [0.717, 1.165) is 31.1 Å². The standard InChI is InChI=1S/C15H22N4O/c1-12(2)16-10-15-17-11-18-19(15)9-8-13-4-6-14(20-3)7-5-13/h4-7,11-12,16H,8-10H2,1-3H3. The first-order valence-corrected chi connectivity index (χ1v) is 6.92. The lowest BCUT2D eigenvalue weighted by molar-refractivity contribution is 0.414. The molecule has 0 spiro atoms. The minimum atomic E-state index is 0.446. The summed E-state index contributed by atoms with van der Waals surface area (Å²) < 4.78 is 7.12. The second-order valence-electron chi connectivity index (χ2n) is 5.03. The van der Waals surface area contributed by atoms with E-state index in [-0.39, 0.29) is 0 Å². The Labute approximate surface area is 120 Å². The number of rotatable bonds is 7. The molecule has 20 heavy (non-hydrogen) atoms. The number of aryl methyl sites for hydroxylation is 2. The van der Waals surface area contributed by atoms with E-state index < -0.39 is 0 Å². The van der Waals surface area contributed by atoms with Crippen LogP contribution in [0.5, 0.6) is 5.75 Å². The van der Waals surface area contributed by atoms with Crippen LogP contribution >= 0.6 is 0 Å². The molecule has 1 N–H and O–H groups in total. The molecule has 1 heterocycles. The van der Waals surface area contributed by atoms with E-state index in [9.17, 15) is 0 Å². The lowest BCUT2D eigenvalue weighted by Gasteiger charge is -2.09. The summed E-state index contributed by atoms with van der Waals surface area (Å²) in [5.41, 5.74) is 1.27. The summed E-state index contributed by atoms with van der Waals surface area (Å²) in [6.07, 6.45) is 2.55. The van der Waals surface area contributed by atoms with Gasteiger partial charge in [0.25, 0.3) is 0 Å². The summed E-state index contributed by atoms with van der Waals surface area (Å²) in [4.78, 5) is 4.30. The molecule has 2 aromatic rings. The SMILES string of the molecule is COc1ccc(CCn2ncnc2CNC(C)C)cc1. The zero-order valence-corrected chi connectivity index (χ0v) is 12.3. The predicted octanol–water partition coefficient (Wildman–Crippen LogP) is 2.03. The van der Waals surface area contributed by atoms with Gasteiger partial charge in [-0.1, -0.05) is 26.0 Å². The number of hydrogen-bond acceptors (Lipinski definition) is 4. The van der Waals surface area contributed by atoms with Crippen LogP contribution in [0.25, 0.3) is 0 Å². The average Bonchev–Trinajstić information content (AvgIpc) is 2.91. The third-order valence-corrected chi connectivity index (χ3v) is 3.14. The van der Waals surface area contributed by atoms with Crippen LogP contribution in [-0.4, -0.2) is 27.9 Å². The largest absolute Gasteiger partial charge is 0.497 e. The van der Waals surface area contributed by atoms with Crippen LogP contribution in [0.2, 0.25) is 0 Å².